The van der Waals surface area contributed by atoms with Gasteiger partial charge in [0.2, 0.25) is 5.91 Å². The van der Waals surface area contributed by atoms with Gasteiger partial charge in [0.15, 0.2) is 0 Å². The van der Waals surface area contributed by atoms with Gasteiger partial charge in [-0.1, -0.05) is 19.1 Å². The fourth-order valence-electron chi connectivity index (χ4n) is 1.71. The molecule has 0 aliphatic heterocycles. The van der Waals surface area contributed by atoms with Crippen LogP contribution in [0.5, 0.6) is 5.75 Å². The number of amides is 1. The van der Waals surface area contributed by atoms with Crippen molar-refractivity contribution in [1.29, 1.82) is 0 Å². The van der Waals surface area contributed by atoms with Gasteiger partial charge in [0.1, 0.15) is 12.4 Å². The van der Waals surface area contributed by atoms with E-state index in [4.69, 9.17) is 9.26 Å². The lowest BCUT2D eigenvalue weighted by atomic mass is 10.1. The van der Waals surface area contributed by atoms with E-state index >= 15 is 0 Å². The summed E-state index contributed by atoms with van der Waals surface area (Å²) in [6, 6.07) is 7.09. The van der Waals surface area contributed by atoms with E-state index in [0.29, 0.717) is 17.7 Å². The molecule has 2 aromatic rings. The van der Waals surface area contributed by atoms with Crippen molar-refractivity contribution in [2.45, 2.75) is 20.0 Å². The number of nitrogens with one attached hydrogen (secondary N) is 1. The normalized spacial score (nSPS) is 10.3. The second kappa shape index (κ2) is 6.10. The average Bonchev–Trinajstić information content (AvgIpc) is 2.86. The molecule has 0 fully saturated rings. The largest absolute Gasteiger partial charge is 0.497 e. The number of rotatable bonds is 5. The number of methoxy groups -OCH3 is 1. The first-order valence-corrected chi connectivity index (χ1v) is 6.26. The molecule has 6 nitrogen and oxygen atoms in total. The van der Waals surface area contributed by atoms with E-state index in [2.05, 4.69) is 5.32 Å². The number of nitrogens with zero attached hydrogens (tertiary/aromatic N) is 1. The molecule has 0 radical (unpaired) electrons. The standard InChI is InChI=1S/C14H16N2O4/c1-3-13(17)15-9-16-8-12(14(18)20-16)10-4-6-11(19-2)7-5-10/h4-8H,3,9H2,1-2H3,(H,15,17). The molecule has 1 N–H and O–H groups in total. The predicted octanol–water partition coefficient (Wildman–Crippen LogP) is 1.60. The van der Waals surface area contributed by atoms with Crippen molar-refractivity contribution in [2.75, 3.05) is 7.11 Å². The topological polar surface area (TPSA) is 73.5 Å². The summed E-state index contributed by atoms with van der Waals surface area (Å²) in [5.41, 5.74) is 0.736. The first-order chi connectivity index (χ1) is 9.63. The van der Waals surface area contributed by atoms with Gasteiger partial charge in [-0.25, -0.2) is 4.79 Å². The Morgan fingerprint density at radius 3 is 2.65 bits per heavy atom. The fraction of sp³-hybridized carbons (Fsp3) is 0.286. The Hall–Kier alpha value is -2.50. The Morgan fingerprint density at radius 1 is 1.35 bits per heavy atom. The second-order valence-corrected chi connectivity index (χ2v) is 4.18. The van der Waals surface area contributed by atoms with Crippen LogP contribution in [-0.2, 0) is 11.5 Å². The van der Waals surface area contributed by atoms with Crippen LogP contribution in [0.3, 0.4) is 0 Å². The zero-order valence-electron chi connectivity index (χ0n) is 11.4. The van der Waals surface area contributed by atoms with Crippen LogP contribution in [0, 0.1) is 0 Å². The van der Waals surface area contributed by atoms with Crippen molar-refractivity contribution >= 4 is 5.91 Å². The van der Waals surface area contributed by atoms with E-state index in [1.54, 1.807) is 44.5 Å². The molecular formula is C14H16N2O4. The SMILES string of the molecule is CCC(=O)NCn1cc(-c2ccc(OC)cc2)c(=O)o1. The Labute approximate surface area is 115 Å². The number of hydrogen-bond acceptors (Lipinski definition) is 4. The average molecular weight is 276 g/mol. The predicted molar refractivity (Wildman–Crippen MR) is 73.4 cm³/mol. The lowest BCUT2D eigenvalue weighted by Gasteiger charge is -2.02. The number of ether oxygens (including phenoxy) is 1. The molecule has 0 aliphatic rings. The van der Waals surface area contributed by atoms with E-state index in [0.717, 1.165) is 5.56 Å². The highest BCUT2D eigenvalue weighted by Crippen LogP contribution is 2.19. The van der Waals surface area contributed by atoms with Crippen molar-refractivity contribution in [1.82, 2.24) is 10.1 Å². The highest BCUT2D eigenvalue weighted by atomic mass is 16.5. The summed E-state index contributed by atoms with van der Waals surface area (Å²) < 4.78 is 11.4. The molecule has 1 amide bonds. The number of carbonyl (C=O) groups excluding carboxylic acids is 1. The van der Waals surface area contributed by atoms with Crippen LogP contribution < -0.4 is 15.7 Å². The molecular weight excluding hydrogens is 260 g/mol. The first-order valence-electron chi connectivity index (χ1n) is 6.26. The van der Waals surface area contributed by atoms with Crippen molar-refractivity contribution in [3.05, 3.63) is 40.9 Å². The minimum absolute atomic E-state index is 0.104. The summed E-state index contributed by atoms with van der Waals surface area (Å²) in [7, 11) is 1.58. The lowest BCUT2D eigenvalue weighted by molar-refractivity contribution is -0.121. The van der Waals surface area contributed by atoms with E-state index in [9.17, 15) is 9.59 Å². The molecule has 20 heavy (non-hydrogen) atoms. The zero-order valence-corrected chi connectivity index (χ0v) is 11.4. The van der Waals surface area contributed by atoms with Gasteiger partial charge in [0, 0.05) is 6.42 Å². The van der Waals surface area contributed by atoms with Crippen molar-refractivity contribution < 1.29 is 14.1 Å². The molecule has 0 unspecified atom stereocenters. The van der Waals surface area contributed by atoms with E-state index in [-0.39, 0.29) is 12.6 Å². The molecule has 0 atom stereocenters. The molecule has 1 aromatic carbocycles. The summed E-state index contributed by atoms with van der Waals surface area (Å²) >= 11 is 0. The van der Waals surface area contributed by atoms with Gasteiger partial charge in [-0.05, 0) is 17.7 Å². The van der Waals surface area contributed by atoms with Crippen molar-refractivity contribution in [3.8, 4) is 16.9 Å². The summed E-state index contributed by atoms with van der Waals surface area (Å²) in [5, 5.41) is 2.63. The fourth-order valence-corrected chi connectivity index (χ4v) is 1.71. The summed E-state index contributed by atoms with van der Waals surface area (Å²) in [5.74, 6) is 0.611. The second-order valence-electron chi connectivity index (χ2n) is 4.18. The Kier molecular flexibility index (Phi) is 4.24. The molecule has 2 rings (SSSR count). The van der Waals surface area contributed by atoms with Crippen LogP contribution in [0.4, 0.5) is 0 Å². The van der Waals surface area contributed by atoms with Crippen molar-refractivity contribution in [2.24, 2.45) is 0 Å². The maximum absolute atomic E-state index is 11.8. The van der Waals surface area contributed by atoms with Gasteiger partial charge in [-0.2, -0.15) is 4.74 Å². The minimum atomic E-state index is -0.444. The Balaban J connectivity index is 2.18. The van der Waals surface area contributed by atoms with Crippen molar-refractivity contribution in [3.63, 3.8) is 0 Å². The Morgan fingerprint density at radius 2 is 2.05 bits per heavy atom. The monoisotopic (exact) mass is 276 g/mol. The lowest BCUT2D eigenvalue weighted by Crippen LogP contribution is -2.24. The van der Waals surface area contributed by atoms with E-state index in [1.165, 1.54) is 4.74 Å². The summed E-state index contributed by atoms with van der Waals surface area (Å²) in [6.07, 6.45) is 1.96. The summed E-state index contributed by atoms with van der Waals surface area (Å²) in [4.78, 5) is 22.9. The van der Waals surface area contributed by atoms with Gasteiger partial charge in [-0.3, -0.25) is 4.79 Å². The third kappa shape index (κ3) is 3.09. The van der Waals surface area contributed by atoms with Gasteiger partial charge in [0.05, 0.1) is 18.9 Å². The Bertz CT molecular complexity index is 640. The van der Waals surface area contributed by atoms with Crippen LogP contribution in [0.25, 0.3) is 11.1 Å². The molecule has 0 bridgehead atoms. The van der Waals surface area contributed by atoms with Crippen LogP contribution in [0.2, 0.25) is 0 Å². The molecule has 1 aromatic heterocycles. The van der Waals surface area contributed by atoms with E-state index < -0.39 is 5.63 Å². The third-order valence-electron chi connectivity index (χ3n) is 2.85. The number of carbonyl (C=O) groups is 1. The molecule has 0 saturated carbocycles. The smallest absolute Gasteiger partial charge is 0.365 e. The first kappa shape index (κ1) is 13.9. The maximum atomic E-state index is 11.8. The highest BCUT2D eigenvalue weighted by Gasteiger charge is 2.09. The van der Waals surface area contributed by atoms with Crippen LogP contribution in [0.1, 0.15) is 13.3 Å². The van der Waals surface area contributed by atoms with Crippen LogP contribution in [0.15, 0.2) is 39.8 Å². The van der Waals surface area contributed by atoms with E-state index in [1.807, 2.05) is 0 Å². The van der Waals surface area contributed by atoms with Gasteiger partial charge in [-0.15, -0.1) is 0 Å². The van der Waals surface area contributed by atoms with Gasteiger partial charge >= 0.3 is 5.63 Å². The number of benzene rings is 1. The van der Waals surface area contributed by atoms with Gasteiger partial charge in [0.25, 0.3) is 0 Å². The molecule has 0 saturated heterocycles. The van der Waals surface area contributed by atoms with Crippen LogP contribution >= 0.6 is 0 Å². The molecule has 0 aliphatic carbocycles. The highest BCUT2D eigenvalue weighted by molar-refractivity contribution is 5.75. The van der Waals surface area contributed by atoms with Gasteiger partial charge < -0.3 is 14.6 Å². The molecule has 106 valence electrons. The molecule has 6 heteroatoms. The number of hydrogen-bond donors (Lipinski definition) is 1. The quantitative estimate of drug-likeness (QED) is 0.900. The number of aromatic nitrogens is 1. The molecule has 1 heterocycles. The third-order valence-corrected chi connectivity index (χ3v) is 2.85. The van der Waals surface area contributed by atoms with Crippen LogP contribution in [-0.4, -0.2) is 17.8 Å². The summed E-state index contributed by atoms with van der Waals surface area (Å²) in [6.45, 7) is 1.89. The zero-order chi connectivity index (χ0) is 14.5. The molecule has 0 spiro atoms. The minimum Gasteiger partial charge on any atom is -0.497 e. The maximum Gasteiger partial charge on any atom is 0.365 e.